The van der Waals surface area contributed by atoms with Crippen molar-refractivity contribution in [2.45, 2.75) is 38.5 Å². The molecule has 0 amide bonds. The summed E-state index contributed by atoms with van der Waals surface area (Å²) in [5.41, 5.74) is 0.656. The maximum absolute atomic E-state index is 12.8. The molecule has 4 bridgehead atoms. The highest BCUT2D eigenvalue weighted by atomic mass is 16.5. The summed E-state index contributed by atoms with van der Waals surface area (Å²) in [5.74, 6) is 1.74. The second kappa shape index (κ2) is 5.73. The number of Topliss-reactive ketones (excluding diaryl/α,β-unsaturated/α-hetero) is 1. The third kappa shape index (κ3) is 2.62. The van der Waals surface area contributed by atoms with E-state index >= 15 is 0 Å². The van der Waals surface area contributed by atoms with Gasteiger partial charge in [-0.05, 0) is 80.5 Å². The number of rotatable bonds is 4. The molecule has 4 saturated carbocycles. The van der Waals surface area contributed by atoms with Gasteiger partial charge in [-0.2, -0.15) is 5.26 Å². The van der Waals surface area contributed by atoms with Crippen LogP contribution in [0, 0.1) is 34.5 Å². The number of esters is 1. The predicted octanol–water partition coefficient (Wildman–Crippen LogP) is 3.50. The van der Waals surface area contributed by atoms with Crippen LogP contribution in [0.2, 0.25) is 0 Å². The average molecular weight is 323 g/mol. The zero-order valence-electron chi connectivity index (χ0n) is 13.7. The predicted molar refractivity (Wildman–Crippen MR) is 87.1 cm³/mol. The van der Waals surface area contributed by atoms with Crippen molar-refractivity contribution in [3.05, 3.63) is 35.4 Å². The summed E-state index contributed by atoms with van der Waals surface area (Å²) in [6.07, 6.45) is 6.84. The lowest BCUT2D eigenvalue weighted by molar-refractivity contribution is -0.147. The summed E-state index contributed by atoms with van der Waals surface area (Å²) in [7, 11) is 0. The van der Waals surface area contributed by atoms with Gasteiger partial charge in [-0.15, -0.1) is 0 Å². The van der Waals surface area contributed by atoms with Crippen molar-refractivity contribution in [3.63, 3.8) is 0 Å². The monoisotopic (exact) mass is 323 g/mol. The van der Waals surface area contributed by atoms with Gasteiger partial charge in [-0.25, -0.2) is 4.79 Å². The molecule has 4 aliphatic carbocycles. The van der Waals surface area contributed by atoms with Crippen molar-refractivity contribution in [1.82, 2.24) is 0 Å². The van der Waals surface area contributed by atoms with E-state index in [1.807, 2.05) is 6.07 Å². The van der Waals surface area contributed by atoms with E-state index in [-0.39, 0.29) is 17.8 Å². The van der Waals surface area contributed by atoms with Crippen LogP contribution in [0.15, 0.2) is 24.3 Å². The SMILES string of the molecule is N#Cc1ccc(C(=O)OCC(=O)C23CC4CC(CC(C4)C2)C3)cc1. The normalized spacial score (nSPS) is 33.0. The molecule has 0 heterocycles. The Balaban J connectivity index is 1.39. The molecule has 0 atom stereocenters. The van der Waals surface area contributed by atoms with Gasteiger partial charge in [0.1, 0.15) is 0 Å². The first-order valence-electron chi connectivity index (χ1n) is 8.78. The molecular weight excluding hydrogens is 302 g/mol. The Morgan fingerprint density at radius 1 is 1.04 bits per heavy atom. The van der Waals surface area contributed by atoms with E-state index in [1.54, 1.807) is 24.3 Å². The number of hydrogen-bond donors (Lipinski definition) is 0. The number of ketones is 1. The fourth-order valence-electron chi connectivity index (χ4n) is 5.50. The lowest BCUT2D eigenvalue weighted by Crippen LogP contribution is -2.51. The molecule has 124 valence electrons. The van der Waals surface area contributed by atoms with Gasteiger partial charge < -0.3 is 4.74 Å². The topological polar surface area (TPSA) is 67.2 Å². The van der Waals surface area contributed by atoms with E-state index in [2.05, 4.69) is 0 Å². The highest BCUT2D eigenvalue weighted by Crippen LogP contribution is 2.60. The molecule has 0 aromatic heterocycles. The Hall–Kier alpha value is -2.15. The van der Waals surface area contributed by atoms with E-state index in [0.29, 0.717) is 28.9 Å². The van der Waals surface area contributed by atoms with Gasteiger partial charge in [0.25, 0.3) is 0 Å². The summed E-state index contributed by atoms with van der Waals surface area (Å²) in [6.45, 7) is -0.120. The van der Waals surface area contributed by atoms with Crippen molar-refractivity contribution >= 4 is 11.8 Å². The van der Waals surface area contributed by atoms with Gasteiger partial charge in [0, 0.05) is 5.41 Å². The van der Waals surface area contributed by atoms with Crippen LogP contribution >= 0.6 is 0 Å². The van der Waals surface area contributed by atoms with Crippen LogP contribution in [0.5, 0.6) is 0 Å². The highest BCUT2D eigenvalue weighted by Gasteiger charge is 2.54. The number of hydrogen-bond acceptors (Lipinski definition) is 4. The molecule has 5 rings (SSSR count). The van der Waals surface area contributed by atoms with Crippen LogP contribution in [-0.4, -0.2) is 18.4 Å². The first kappa shape index (κ1) is 15.4. The molecule has 1 aromatic carbocycles. The number of nitrogens with zero attached hydrogens (tertiary/aromatic N) is 1. The molecule has 0 spiro atoms. The summed E-state index contributed by atoms with van der Waals surface area (Å²) < 4.78 is 5.28. The minimum Gasteiger partial charge on any atom is -0.454 e. The highest BCUT2D eigenvalue weighted by molar-refractivity contribution is 5.93. The van der Waals surface area contributed by atoms with Crippen molar-refractivity contribution in [1.29, 1.82) is 5.26 Å². The lowest BCUT2D eigenvalue weighted by Gasteiger charge is -2.55. The van der Waals surface area contributed by atoms with Gasteiger partial charge >= 0.3 is 5.97 Å². The molecular formula is C20H21NO3. The smallest absolute Gasteiger partial charge is 0.338 e. The molecule has 0 N–H and O–H groups in total. The molecule has 4 fully saturated rings. The summed E-state index contributed by atoms with van der Waals surface area (Å²) >= 11 is 0. The molecule has 4 nitrogen and oxygen atoms in total. The minimum absolute atomic E-state index is 0.114. The Morgan fingerprint density at radius 3 is 2.08 bits per heavy atom. The fourth-order valence-corrected chi connectivity index (χ4v) is 5.50. The first-order chi connectivity index (χ1) is 11.6. The van der Waals surface area contributed by atoms with Crippen molar-refractivity contribution < 1.29 is 14.3 Å². The van der Waals surface area contributed by atoms with Gasteiger partial charge in [-0.1, -0.05) is 0 Å². The molecule has 24 heavy (non-hydrogen) atoms. The first-order valence-corrected chi connectivity index (χ1v) is 8.78. The zero-order valence-corrected chi connectivity index (χ0v) is 13.7. The van der Waals surface area contributed by atoms with Gasteiger partial charge in [0.2, 0.25) is 0 Å². The van der Waals surface area contributed by atoms with E-state index in [9.17, 15) is 9.59 Å². The van der Waals surface area contributed by atoms with Gasteiger partial charge in [0.15, 0.2) is 12.4 Å². The standard InChI is InChI=1S/C20H21NO3/c21-11-13-1-3-17(4-2-13)19(23)24-12-18(22)20-8-14-5-15(9-20)7-16(6-14)10-20/h1-4,14-16H,5-10,12H2. The van der Waals surface area contributed by atoms with E-state index in [4.69, 9.17) is 10.00 Å². The number of carbonyl (C=O) groups excluding carboxylic acids is 2. The van der Waals surface area contributed by atoms with Crippen molar-refractivity contribution in [2.24, 2.45) is 23.2 Å². The maximum Gasteiger partial charge on any atom is 0.338 e. The number of nitriles is 1. The van der Waals surface area contributed by atoms with E-state index < -0.39 is 5.97 Å². The maximum atomic E-state index is 12.8. The summed E-state index contributed by atoms with van der Waals surface area (Å²) in [6, 6.07) is 8.30. The van der Waals surface area contributed by atoms with Crippen LogP contribution in [0.4, 0.5) is 0 Å². The lowest BCUT2D eigenvalue weighted by atomic mass is 9.48. The number of ether oxygens (including phenoxy) is 1. The molecule has 4 heteroatoms. The van der Waals surface area contributed by atoms with E-state index in [0.717, 1.165) is 19.3 Å². The largest absolute Gasteiger partial charge is 0.454 e. The summed E-state index contributed by atoms with van der Waals surface area (Å²) in [5, 5.41) is 8.78. The molecule has 1 aromatic rings. The van der Waals surface area contributed by atoms with Crippen LogP contribution in [0.25, 0.3) is 0 Å². The second-order valence-electron chi connectivity index (χ2n) is 7.89. The average Bonchev–Trinajstić information content (AvgIpc) is 2.58. The number of benzene rings is 1. The Bertz CT molecular complexity index is 678. The van der Waals surface area contributed by atoms with Crippen LogP contribution in [0.3, 0.4) is 0 Å². The second-order valence-corrected chi connectivity index (χ2v) is 7.89. The molecule has 0 aliphatic heterocycles. The molecule has 0 saturated heterocycles. The van der Waals surface area contributed by atoms with Crippen LogP contribution in [-0.2, 0) is 9.53 Å². The van der Waals surface area contributed by atoms with Crippen molar-refractivity contribution in [2.75, 3.05) is 6.61 Å². The van der Waals surface area contributed by atoms with E-state index in [1.165, 1.54) is 19.3 Å². The third-order valence-electron chi connectivity index (χ3n) is 6.21. The summed E-state index contributed by atoms with van der Waals surface area (Å²) in [4.78, 5) is 24.9. The van der Waals surface area contributed by atoms with Crippen molar-refractivity contribution in [3.8, 4) is 6.07 Å². The zero-order chi connectivity index (χ0) is 16.7. The molecule has 0 radical (unpaired) electrons. The fraction of sp³-hybridized carbons (Fsp3) is 0.550. The Kier molecular flexibility index (Phi) is 3.68. The third-order valence-corrected chi connectivity index (χ3v) is 6.21. The van der Waals surface area contributed by atoms with Gasteiger partial charge in [-0.3, -0.25) is 4.79 Å². The molecule has 0 unspecified atom stereocenters. The van der Waals surface area contributed by atoms with Crippen LogP contribution in [0.1, 0.15) is 54.4 Å². The van der Waals surface area contributed by atoms with Crippen LogP contribution < -0.4 is 0 Å². The minimum atomic E-state index is -0.488. The Morgan fingerprint density at radius 2 is 1.58 bits per heavy atom. The molecule has 4 aliphatic rings. The Labute approximate surface area is 141 Å². The van der Waals surface area contributed by atoms with Gasteiger partial charge in [0.05, 0.1) is 17.2 Å². The quantitative estimate of drug-likeness (QED) is 0.795. The number of carbonyl (C=O) groups is 2.